The van der Waals surface area contributed by atoms with Crippen molar-refractivity contribution in [2.24, 2.45) is 0 Å². The van der Waals surface area contributed by atoms with Gasteiger partial charge in [-0.1, -0.05) is 48.5 Å². The third-order valence-corrected chi connectivity index (χ3v) is 5.39. The minimum absolute atomic E-state index is 0.115. The van der Waals surface area contributed by atoms with E-state index >= 15 is 0 Å². The molecule has 0 saturated carbocycles. The summed E-state index contributed by atoms with van der Waals surface area (Å²) in [5.74, 6) is 0. The van der Waals surface area contributed by atoms with Crippen LogP contribution in [0.25, 0.3) is 11.6 Å². The second-order valence-corrected chi connectivity index (χ2v) is 7.55. The number of rotatable bonds is 5. The summed E-state index contributed by atoms with van der Waals surface area (Å²) in [5, 5.41) is 38.2. The minimum Gasteiger partial charge on any atom is -0.311 e. The maximum atomic E-state index is 9.84. The molecule has 0 spiro atoms. The average Bonchev–Trinajstić information content (AvgIpc) is 2.93. The first-order chi connectivity index (χ1) is 17.2. The number of hydrogen-bond acceptors (Lipinski definition) is 5. The topological polar surface area (TPSA) is 98.4 Å². The van der Waals surface area contributed by atoms with Crippen LogP contribution in [-0.2, 0) is 0 Å². The van der Waals surface area contributed by atoms with Crippen LogP contribution in [-0.4, -0.2) is 0 Å². The largest absolute Gasteiger partial charge is 0.311 e. The molecule has 0 aliphatic rings. The predicted octanol–water partition coefficient (Wildman–Crippen LogP) is 6.84. The summed E-state index contributed by atoms with van der Waals surface area (Å²) < 4.78 is 0. The van der Waals surface area contributed by atoms with Crippen molar-refractivity contribution in [3.05, 3.63) is 125 Å². The molecule has 0 aromatic heterocycles. The van der Waals surface area contributed by atoms with Gasteiger partial charge < -0.3 is 4.90 Å². The van der Waals surface area contributed by atoms with E-state index in [4.69, 9.17) is 0 Å². The lowest BCUT2D eigenvalue weighted by atomic mass is 9.92. The maximum Gasteiger partial charge on any atom is 0.0999 e. The molecule has 0 saturated heterocycles. The van der Waals surface area contributed by atoms with Crippen LogP contribution in [0.4, 0.5) is 17.1 Å². The summed E-state index contributed by atoms with van der Waals surface area (Å²) in [5.41, 5.74) is 4.53. The second kappa shape index (κ2) is 10.3. The van der Waals surface area contributed by atoms with Gasteiger partial charge in [-0.15, -0.1) is 0 Å². The van der Waals surface area contributed by atoms with Crippen molar-refractivity contribution < 1.29 is 0 Å². The van der Waals surface area contributed by atoms with Crippen LogP contribution in [0, 0.1) is 45.3 Å². The molecule has 4 rings (SSSR count). The van der Waals surface area contributed by atoms with Crippen LogP contribution in [0.15, 0.2) is 97.1 Å². The van der Waals surface area contributed by atoms with Crippen LogP contribution in [0.2, 0.25) is 0 Å². The van der Waals surface area contributed by atoms with E-state index in [9.17, 15) is 21.0 Å². The van der Waals surface area contributed by atoms with Gasteiger partial charge in [0.2, 0.25) is 0 Å². The van der Waals surface area contributed by atoms with E-state index in [-0.39, 0.29) is 27.8 Å². The van der Waals surface area contributed by atoms with Crippen LogP contribution in [0.3, 0.4) is 0 Å². The van der Waals surface area contributed by atoms with Gasteiger partial charge in [0.15, 0.2) is 0 Å². The molecule has 0 heterocycles. The SMILES string of the molecule is N#C/C(=C\c1ccc(N(c2ccccc2)c2ccccc2)cc1)c1c(C#N)cc(C#N)cc1C#N. The fraction of sp³-hybridized carbons (Fsp3) is 0. The Labute approximate surface area is 203 Å². The second-order valence-electron chi connectivity index (χ2n) is 7.55. The number of nitriles is 4. The van der Waals surface area contributed by atoms with Crippen LogP contribution < -0.4 is 4.90 Å². The van der Waals surface area contributed by atoms with Gasteiger partial charge in [-0.2, -0.15) is 21.0 Å². The molecule has 0 bridgehead atoms. The van der Waals surface area contributed by atoms with Gasteiger partial charge in [-0.3, -0.25) is 0 Å². The number of anilines is 3. The van der Waals surface area contributed by atoms with E-state index in [1.54, 1.807) is 6.08 Å². The fourth-order valence-corrected chi connectivity index (χ4v) is 3.82. The van der Waals surface area contributed by atoms with Crippen molar-refractivity contribution >= 4 is 28.7 Å². The summed E-state index contributed by atoms with van der Waals surface area (Å²) in [6.45, 7) is 0. The van der Waals surface area contributed by atoms with Gasteiger partial charge in [-0.25, -0.2) is 0 Å². The number of allylic oxidation sites excluding steroid dienone is 1. The molecule has 4 aromatic rings. The first kappa shape index (κ1) is 22.6. The third kappa shape index (κ3) is 4.76. The molecular formula is C30H17N5. The zero-order valence-electron chi connectivity index (χ0n) is 18.6. The highest BCUT2D eigenvalue weighted by Crippen LogP contribution is 2.34. The Morgan fingerprint density at radius 1 is 0.600 bits per heavy atom. The molecule has 0 aliphatic heterocycles. The molecule has 0 radical (unpaired) electrons. The molecule has 0 fully saturated rings. The molecule has 5 nitrogen and oxygen atoms in total. The Kier molecular flexibility index (Phi) is 6.66. The molecule has 0 amide bonds. The van der Waals surface area contributed by atoms with Gasteiger partial charge >= 0.3 is 0 Å². The normalized spacial score (nSPS) is 10.3. The van der Waals surface area contributed by atoms with Crippen LogP contribution in [0.1, 0.15) is 27.8 Å². The predicted molar refractivity (Wildman–Crippen MR) is 135 cm³/mol. The Morgan fingerprint density at radius 2 is 1.09 bits per heavy atom. The molecule has 4 aromatic carbocycles. The summed E-state index contributed by atoms with van der Waals surface area (Å²) in [4.78, 5) is 2.13. The van der Waals surface area contributed by atoms with Gasteiger partial charge in [0, 0.05) is 22.6 Å². The minimum atomic E-state index is 0.115. The third-order valence-electron chi connectivity index (χ3n) is 5.39. The number of para-hydroxylation sites is 2. The standard InChI is InChI=1S/C30H17N5/c31-18-23-16-25(20-33)30(26(17-23)21-34)24(19-32)15-22-11-13-29(14-12-22)35(27-7-3-1-4-8-27)28-9-5-2-6-10-28/h1-17H/b24-15+. The highest BCUT2D eigenvalue weighted by Gasteiger charge is 2.16. The summed E-state index contributed by atoms with van der Waals surface area (Å²) >= 11 is 0. The van der Waals surface area contributed by atoms with E-state index in [0.717, 1.165) is 22.6 Å². The Morgan fingerprint density at radius 3 is 1.51 bits per heavy atom. The number of hydrogen-bond donors (Lipinski definition) is 0. The van der Waals surface area contributed by atoms with Gasteiger partial charge in [0.05, 0.1) is 46.5 Å². The van der Waals surface area contributed by atoms with E-state index in [0.29, 0.717) is 0 Å². The van der Waals surface area contributed by atoms with Crippen molar-refractivity contribution in [3.63, 3.8) is 0 Å². The maximum absolute atomic E-state index is 9.84. The highest BCUT2D eigenvalue weighted by atomic mass is 15.1. The quantitative estimate of drug-likeness (QED) is 0.246. The van der Waals surface area contributed by atoms with E-state index in [2.05, 4.69) is 11.0 Å². The molecule has 35 heavy (non-hydrogen) atoms. The van der Waals surface area contributed by atoms with Crippen molar-refractivity contribution in [1.82, 2.24) is 0 Å². The smallest absolute Gasteiger partial charge is 0.0999 e. The Bertz CT molecular complexity index is 1480. The van der Waals surface area contributed by atoms with Gasteiger partial charge in [0.1, 0.15) is 0 Å². The lowest BCUT2D eigenvalue weighted by molar-refractivity contribution is 1.28. The molecule has 162 valence electrons. The zero-order chi connectivity index (χ0) is 24.6. The van der Waals surface area contributed by atoms with Crippen molar-refractivity contribution in [1.29, 1.82) is 21.0 Å². The summed E-state index contributed by atoms with van der Waals surface area (Å²) in [6, 6.07) is 38.5. The molecule has 0 atom stereocenters. The highest BCUT2D eigenvalue weighted by molar-refractivity contribution is 5.94. The fourth-order valence-electron chi connectivity index (χ4n) is 3.82. The van der Waals surface area contributed by atoms with E-state index in [1.165, 1.54) is 12.1 Å². The molecule has 0 aliphatic carbocycles. The monoisotopic (exact) mass is 447 g/mol. The lowest BCUT2D eigenvalue weighted by Crippen LogP contribution is -2.09. The first-order valence-corrected chi connectivity index (χ1v) is 10.7. The summed E-state index contributed by atoms with van der Waals surface area (Å²) in [6.07, 6.45) is 1.64. The summed E-state index contributed by atoms with van der Waals surface area (Å²) in [7, 11) is 0. The molecule has 5 heteroatoms. The van der Waals surface area contributed by atoms with Crippen molar-refractivity contribution in [3.8, 4) is 24.3 Å². The number of benzene rings is 4. The lowest BCUT2D eigenvalue weighted by Gasteiger charge is -2.25. The molecule has 0 N–H and O–H groups in total. The number of nitrogens with zero attached hydrogens (tertiary/aromatic N) is 5. The average molecular weight is 448 g/mol. The molecular weight excluding hydrogens is 430 g/mol. The van der Waals surface area contributed by atoms with Gasteiger partial charge in [-0.05, 0) is 60.2 Å². The van der Waals surface area contributed by atoms with Gasteiger partial charge in [0.25, 0.3) is 0 Å². The van der Waals surface area contributed by atoms with Crippen molar-refractivity contribution in [2.45, 2.75) is 0 Å². The Balaban J connectivity index is 1.77. The zero-order valence-corrected chi connectivity index (χ0v) is 18.6. The van der Waals surface area contributed by atoms with Crippen molar-refractivity contribution in [2.75, 3.05) is 4.90 Å². The Hall–Kier alpha value is -5.62. The van der Waals surface area contributed by atoms with E-state index in [1.807, 2.05) is 103 Å². The van der Waals surface area contributed by atoms with Crippen LogP contribution in [0.5, 0.6) is 0 Å². The van der Waals surface area contributed by atoms with Crippen LogP contribution >= 0.6 is 0 Å². The van der Waals surface area contributed by atoms with E-state index < -0.39 is 0 Å². The first-order valence-electron chi connectivity index (χ1n) is 10.7. The molecule has 0 unspecified atom stereocenters.